The molecule has 1 aromatic carbocycles. The molecule has 2 rings (SSSR count). The number of hydrogen-bond donors (Lipinski definition) is 3. The Hall–Kier alpha value is -1.85. The summed E-state index contributed by atoms with van der Waals surface area (Å²) >= 11 is 0. The zero-order chi connectivity index (χ0) is 13.1. The van der Waals surface area contributed by atoms with E-state index in [-0.39, 0.29) is 5.75 Å². The highest BCUT2D eigenvalue weighted by Crippen LogP contribution is 2.21. The molecule has 4 nitrogen and oxygen atoms in total. The van der Waals surface area contributed by atoms with Gasteiger partial charge in [0.25, 0.3) is 0 Å². The summed E-state index contributed by atoms with van der Waals surface area (Å²) < 4.78 is 0. The summed E-state index contributed by atoms with van der Waals surface area (Å²) in [5, 5.41) is 27.7. The lowest BCUT2D eigenvalue weighted by Crippen LogP contribution is -2.12. The van der Waals surface area contributed by atoms with Crippen LogP contribution in [-0.2, 0) is 0 Å². The number of aromatic hydroxyl groups is 1. The molecule has 1 unspecified atom stereocenters. The van der Waals surface area contributed by atoms with Crippen molar-refractivity contribution < 1.29 is 15.3 Å². The molecule has 1 heterocycles. The van der Waals surface area contributed by atoms with Gasteiger partial charge < -0.3 is 15.3 Å². The predicted molar refractivity (Wildman–Crippen MR) is 68.8 cm³/mol. The first-order valence-electron chi connectivity index (χ1n) is 5.46. The molecule has 0 saturated heterocycles. The smallest absolute Gasteiger partial charge is 0.119 e. The molecule has 2 radical (unpaired) electrons. The van der Waals surface area contributed by atoms with Crippen LogP contribution in [0.25, 0.3) is 11.3 Å². The molecular weight excluding hydrogens is 229 g/mol. The second-order valence-electron chi connectivity index (χ2n) is 3.96. The highest BCUT2D eigenvalue weighted by molar-refractivity contribution is 6.32. The van der Waals surface area contributed by atoms with E-state index in [9.17, 15) is 10.2 Å². The second-order valence-corrected chi connectivity index (χ2v) is 3.96. The number of aliphatic hydroxyl groups excluding tert-OH is 2. The number of hydrogen-bond acceptors (Lipinski definition) is 4. The summed E-state index contributed by atoms with van der Waals surface area (Å²) in [6, 6.07) is 9.67. The van der Waals surface area contributed by atoms with Crippen LogP contribution in [0.15, 0.2) is 36.4 Å². The number of rotatable bonds is 3. The van der Waals surface area contributed by atoms with Crippen LogP contribution in [0.1, 0.15) is 11.8 Å². The summed E-state index contributed by atoms with van der Waals surface area (Å²) in [5.41, 5.74) is 2.13. The van der Waals surface area contributed by atoms with Crippen molar-refractivity contribution in [3.8, 4) is 17.0 Å². The van der Waals surface area contributed by atoms with E-state index in [1.54, 1.807) is 30.3 Å². The molecule has 1 aromatic heterocycles. The highest BCUT2D eigenvalue weighted by atomic mass is 16.3. The van der Waals surface area contributed by atoms with E-state index in [2.05, 4.69) is 4.98 Å². The Morgan fingerprint density at radius 3 is 2.44 bits per heavy atom. The molecule has 0 aliphatic carbocycles. The first-order valence-corrected chi connectivity index (χ1v) is 5.46. The van der Waals surface area contributed by atoms with E-state index in [1.807, 2.05) is 0 Å². The molecule has 0 spiro atoms. The van der Waals surface area contributed by atoms with Crippen molar-refractivity contribution in [2.45, 2.75) is 6.10 Å². The van der Waals surface area contributed by atoms with Crippen molar-refractivity contribution in [2.75, 3.05) is 6.61 Å². The minimum absolute atomic E-state index is 0.165. The minimum atomic E-state index is -1.05. The van der Waals surface area contributed by atoms with Crippen LogP contribution in [0, 0.1) is 0 Å². The predicted octanol–water partition coefficient (Wildman–Crippen LogP) is 0.274. The largest absolute Gasteiger partial charge is 0.508 e. The van der Waals surface area contributed by atoms with E-state index < -0.39 is 12.7 Å². The number of nitrogens with zero attached hydrogens (tertiary/aromatic N) is 1. The molecule has 90 valence electrons. The molecule has 0 saturated carbocycles. The van der Waals surface area contributed by atoms with Crippen LogP contribution >= 0.6 is 0 Å². The molecule has 0 fully saturated rings. The quantitative estimate of drug-likeness (QED) is 0.674. The van der Waals surface area contributed by atoms with Gasteiger partial charge in [-0.3, -0.25) is 4.98 Å². The standard InChI is InChI=1S/C13H12BNO3/c14-9-5-11(8-1-3-10(17)4-2-8)15-12(6-9)13(18)7-16/h1-6,13,16-18H,7H2. The molecule has 0 aliphatic rings. The SMILES string of the molecule is [B]c1cc(-c2ccc(O)cc2)nc(C(O)CO)c1. The van der Waals surface area contributed by atoms with E-state index in [4.69, 9.17) is 13.0 Å². The van der Waals surface area contributed by atoms with Gasteiger partial charge in [0.2, 0.25) is 0 Å². The second kappa shape index (κ2) is 5.20. The molecule has 2 aromatic rings. The van der Waals surface area contributed by atoms with Crippen molar-refractivity contribution in [1.29, 1.82) is 0 Å². The Morgan fingerprint density at radius 1 is 1.17 bits per heavy atom. The van der Waals surface area contributed by atoms with Crippen LogP contribution < -0.4 is 5.46 Å². The molecule has 0 bridgehead atoms. The van der Waals surface area contributed by atoms with Crippen LogP contribution in [0.4, 0.5) is 0 Å². The topological polar surface area (TPSA) is 73.6 Å². The zero-order valence-electron chi connectivity index (χ0n) is 9.61. The van der Waals surface area contributed by atoms with Gasteiger partial charge in [-0.1, -0.05) is 5.46 Å². The molecule has 5 heteroatoms. The van der Waals surface area contributed by atoms with Gasteiger partial charge in [0.1, 0.15) is 19.7 Å². The normalized spacial score (nSPS) is 12.3. The summed E-state index contributed by atoms with van der Waals surface area (Å²) in [4.78, 5) is 4.23. The maximum atomic E-state index is 9.56. The van der Waals surface area contributed by atoms with Gasteiger partial charge >= 0.3 is 0 Å². The average molecular weight is 241 g/mol. The number of aliphatic hydroxyl groups is 2. The van der Waals surface area contributed by atoms with Crippen molar-refractivity contribution >= 4 is 13.3 Å². The lowest BCUT2D eigenvalue weighted by molar-refractivity contribution is 0.0924. The van der Waals surface area contributed by atoms with Crippen LogP contribution in [0.5, 0.6) is 5.75 Å². The number of phenolic OH excluding ortho intramolecular Hbond substituents is 1. The Morgan fingerprint density at radius 2 is 1.83 bits per heavy atom. The average Bonchev–Trinajstić information content (AvgIpc) is 2.38. The summed E-state index contributed by atoms with van der Waals surface area (Å²) in [6.45, 7) is -0.411. The number of aromatic nitrogens is 1. The van der Waals surface area contributed by atoms with E-state index in [0.717, 1.165) is 5.56 Å². The third kappa shape index (κ3) is 2.69. The van der Waals surface area contributed by atoms with Crippen molar-refractivity contribution in [2.24, 2.45) is 0 Å². The molecule has 1 atom stereocenters. The van der Waals surface area contributed by atoms with Gasteiger partial charge in [0.05, 0.1) is 18.0 Å². The van der Waals surface area contributed by atoms with Crippen LogP contribution in [0.3, 0.4) is 0 Å². The van der Waals surface area contributed by atoms with E-state index >= 15 is 0 Å². The molecule has 3 N–H and O–H groups in total. The fourth-order valence-electron chi connectivity index (χ4n) is 1.62. The first-order chi connectivity index (χ1) is 8.60. The Bertz CT molecular complexity index is 542. The number of benzene rings is 1. The maximum Gasteiger partial charge on any atom is 0.119 e. The third-order valence-corrected chi connectivity index (χ3v) is 2.54. The molecule has 0 amide bonds. The van der Waals surface area contributed by atoms with Gasteiger partial charge in [-0.2, -0.15) is 0 Å². The fraction of sp³-hybridized carbons (Fsp3) is 0.154. The van der Waals surface area contributed by atoms with Gasteiger partial charge in [0.15, 0.2) is 0 Å². The van der Waals surface area contributed by atoms with Gasteiger partial charge in [-0.15, -0.1) is 0 Å². The van der Waals surface area contributed by atoms with Gasteiger partial charge in [0, 0.05) is 5.56 Å². The van der Waals surface area contributed by atoms with E-state index in [1.165, 1.54) is 6.07 Å². The minimum Gasteiger partial charge on any atom is -0.508 e. The van der Waals surface area contributed by atoms with Crippen molar-refractivity contribution in [3.63, 3.8) is 0 Å². The van der Waals surface area contributed by atoms with Gasteiger partial charge in [-0.05, 0) is 36.4 Å². The zero-order valence-corrected chi connectivity index (χ0v) is 9.61. The van der Waals surface area contributed by atoms with E-state index in [0.29, 0.717) is 16.9 Å². The first kappa shape index (κ1) is 12.6. The van der Waals surface area contributed by atoms with Gasteiger partial charge in [-0.25, -0.2) is 0 Å². The Kier molecular flexibility index (Phi) is 3.65. The third-order valence-electron chi connectivity index (χ3n) is 2.54. The summed E-state index contributed by atoms with van der Waals surface area (Å²) in [5.74, 6) is 0.165. The number of pyridine rings is 1. The summed E-state index contributed by atoms with van der Waals surface area (Å²) in [6.07, 6.45) is -1.05. The highest BCUT2D eigenvalue weighted by Gasteiger charge is 2.10. The van der Waals surface area contributed by atoms with Crippen LogP contribution in [0.2, 0.25) is 0 Å². The fourth-order valence-corrected chi connectivity index (χ4v) is 1.62. The van der Waals surface area contributed by atoms with Crippen molar-refractivity contribution in [1.82, 2.24) is 4.98 Å². The van der Waals surface area contributed by atoms with Crippen LogP contribution in [-0.4, -0.2) is 34.8 Å². The Labute approximate surface area is 106 Å². The lowest BCUT2D eigenvalue weighted by atomic mass is 9.93. The number of phenols is 1. The molecule has 0 aliphatic heterocycles. The molecular formula is C13H12BNO3. The lowest BCUT2D eigenvalue weighted by Gasteiger charge is -2.10. The molecule has 18 heavy (non-hydrogen) atoms. The Balaban J connectivity index is 2.44. The maximum absolute atomic E-state index is 9.56. The van der Waals surface area contributed by atoms with Crippen molar-refractivity contribution in [3.05, 3.63) is 42.1 Å². The monoisotopic (exact) mass is 241 g/mol. The summed E-state index contributed by atoms with van der Waals surface area (Å²) in [7, 11) is 5.74.